The van der Waals surface area contributed by atoms with Crippen molar-refractivity contribution in [3.8, 4) is 0 Å². The molecular weight excluding hydrogens is 396 g/mol. The van der Waals surface area contributed by atoms with Gasteiger partial charge in [0.15, 0.2) is 0 Å². The second-order valence-corrected chi connectivity index (χ2v) is 7.45. The predicted octanol–water partition coefficient (Wildman–Crippen LogP) is 3.59. The second-order valence-electron chi connectivity index (χ2n) is 7.45. The zero-order valence-corrected chi connectivity index (χ0v) is 17.8. The minimum absolute atomic E-state index is 0.222. The molecule has 7 heteroatoms. The number of alkyl carbamates (subject to hydrolysis) is 1. The molecule has 0 aliphatic carbocycles. The number of carboxylic acids is 1. The van der Waals surface area contributed by atoms with Gasteiger partial charge >= 0.3 is 12.1 Å². The summed E-state index contributed by atoms with van der Waals surface area (Å²) in [6.45, 7) is 2.62. The van der Waals surface area contributed by atoms with E-state index in [-0.39, 0.29) is 25.4 Å². The first kappa shape index (κ1) is 23.9. The van der Waals surface area contributed by atoms with E-state index in [1.807, 2.05) is 61.5 Å². The van der Waals surface area contributed by atoms with E-state index in [0.29, 0.717) is 19.4 Å². The van der Waals surface area contributed by atoms with Crippen LogP contribution in [0.3, 0.4) is 0 Å². The van der Waals surface area contributed by atoms with Crippen molar-refractivity contribution in [1.82, 2.24) is 10.6 Å². The number of amides is 2. The third-order valence-electron chi connectivity index (χ3n) is 4.72. The fourth-order valence-corrected chi connectivity index (χ4v) is 3.09. The van der Waals surface area contributed by atoms with Crippen LogP contribution in [0.25, 0.3) is 0 Å². The lowest BCUT2D eigenvalue weighted by atomic mass is 10.0. The Morgan fingerprint density at radius 1 is 0.968 bits per heavy atom. The van der Waals surface area contributed by atoms with Crippen LogP contribution in [0, 0.1) is 6.92 Å². The maximum absolute atomic E-state index is 12.1. The van der Waals surface area contributed by atoms with Gasteiger partial charge in [0.05, 0.1) is 0 Å². The summed E-state index contributed by atoms with van der Waals surface area (Å²) < 4.78 is 5.13. The highest BCUT2D eigenvalue weighted by molar-refractivity contribution is 5.83. The molecule has 166 valence electrons. The molecule has 0 aliphatic heterocycles. The summed E-state index contributed by atoms with van der Waals surface area (Å²) in [7, 11) is 0. The molecule has 0 unspecified atom stereocenters. The predicted molar refractivity (Wildman–Crippen MR) is 118 cm³/mol. The topological polar surface area (TPSA) is 105 Å². The van der Waals surface area contributed by atoms with Crippen molar-refractivity contribution in [3.05, 3.63) is 71.3 Å². The monoisotopic (exact) mass is 426 g/mol. The number of nitrogens with one attached hydrogen (secondary N) is 2. The molecule has 2 aromatic carbocycles. The van der Waals surface area contributed by atoms with E-state index >= 15 is 0 Å². The summed E-state index contributed by atoms with van der Waals surface area (Å²) in [6, 6.07) is 16.1. The molecule has 0 aromatic heterocycles. The molecule has 0 radical (unpaired) electrons. The first-order chi connectivity index (χ1) is 14.9. The van der Waals surface area contributed by atoms with Gasteiger partial charge in [-0.15, -0.1) is 0 Å². The Kier molecular flexibility index (Phi) is 10.1. The standard InChI is InChI=1S/C24H30N2O5/c1-18-9-8-12-20(15-18)16-21(23(28)29)26-22(27)13-6-3-7-14-25-24(30)31-17-19-10-4-2-5-11-19/h2,4-5,8-12,15,21H,3,6-7,13-14,16-17H2,1H3,(H,25,30)(H,26,27)(H,28,29)/t21-/m1/s1. The average Bonchev–Trinajstić information content (AvgIpc) is 2.75. The van der Waals surface area contributed by atoms with Crippen molar-refractivity contribution < 1.29 is 24.2 Å². The maximum Gasteiger partial charge on any atom is 0.407 e. The number of carboxylic acid groups (broad SMARTS) is 1. The van der Waals surface area contributed by atoms with E-state index in [9.17, 15) is 19.5 Å². The number of unbranched alkanes of at least 4 members (excludes halogenated alkanes) is 2. The van der Waals surface area contributed by atoms with Crippen LogP contribution in [0.2, 0.25) is 0 Å². The van der Waals surface area contributed by atoms with E-state index < -0.39 is 18.1 Å². The summed E-state index contributed by atoms with van der Waals surface area (Å²) in [5.74, 6) is -1.33. The molecule has 0 saturated heterocycles. The summed E-state index contributed by atoms with van der Waals surface area (Å²) in [6.07, 6.45) is 2.08. The Labute approximate surface area is 182 Å². The van der Waals surface area contributed by atoms with Crippen molar-refractivity contribution in [3.63, 3.8) is 0 Å². The van der Waals surface area contributed by atoms with Gasteiger partial charge in [0.1, 0.15) is 12.6 Å². The largest absolute Gasteiger partial charge is 0.480 e. The van der Waals surface area contributed by atoms with Gasteiger partial charge in [-0.1, -0.05) is 66.6 Å². The molecule has 0 heterocycles. The highest BCUT2D eigenvalue weighted by Gasteiger charge is 2.20. The molecule has 0 fully saturated rings. The van der Waals surface area contributed by atoms with Crippen molar-refractivity contribution >= 4 is 18.0 Å². The second kappa shape index (κ2) is 13.1. The van der Waals surface area contributed by atoms with E-state index in [2.05, 4.69) is 10.6 Å². The number of hydrogen-bond donors (Lipinski definition) is 3. The Morgan fingerprint density at radius 3 is 2.42 bits per heavy atom. The number of carbonyl (C=O) groups excluding carboxylic acids is 2. The van der Waals surface area contributed by atoms with Gasteiger partial charge in [-0.25, -0.2) is 9.59 Å². The molecule has 0 spiro atoms. The van der Waals surface area contributed by atoms with Crippen LogP contribution >= 0.6 is 0 Å². The van der Waals surface area contributed by atoms with Gasteiger partial charge in [-0.05, 0) is 30.9 Å². The lowest BCUT2D eigenvalue weighted by Crippen LogP contribution is -2.42. The highest BCUT2D eigenvalue weighted by atomic mass is 16.5. The number of carbonyl (C=O) groups is 3. The Hall–Kier alpha value is -3.35. The molecule has 3 N–H and O–H groups in total. The van der Waals surface area contributed by atoms with Gasteiger partial charge in [0.2, 0.25) is 5.91 Å². The number of ether oxygens (including phenoxy) is 1. The van der Waals surface area contributed by atoms with Gasteiger partial charge in [0, 0.05) is 19.4 Å². The van der Waals surface area contributed by atoms with Crippen LogP contribution in [-0.2, 0) is 27.4 Å². The summed E-state index contributed by atoms with van der Waals surface area (Å²) in [5.41, 5.74) is 2.84. The van der Waals surface area contributed by atoms with Gasteiger partial charge in [-0.3, -0.25) is 4.79 Å². The highest BCUT2D eigenvalue weighted by Crippen LogP contribution is 2.08. The molecule has 31 heavy (non-hydrogen) atoms. The molecule has 2 amide bonds. The van der Waals surface area contributed by atoms with Crippen LogP contribution in [0.15, 0.2) is 54.6 Å². The zero-order valence-electron chi connectivity index (χ0n) is 17.8. The van der Waals surface area contributed by atoms with Crippen molar-refractivity contribution in [2.45, 2.75) is 51.7 Å². The van der Waals surface area contributed by atoms with E-state index in [1.165, 1.54) is 0 Å². The molecule has 1 atom stereocenters. The number of aryl methyl sites for hydroxylation is 1. The van der Waals surface area contributed by atoms with Crippen molar-refractivity contribution in [2.75, 3.05) is 6.54 Å². The molecule has 2 aromatic rings. The molecule has 0 aliphatic rings. The molecule has 0 saturated carbocycles. The van der Waals surface area contributed by atoms with Gasteiger partial charge in [0.25, 0.3) is 0 Å². The third kappa shape index (κ3) is 9.80. The maximum atomic E-state index is 12.1. The zero-order chi connectivity index (χ0) is 22.5. The fourth-order valence-electron chi connectivity index (χ4n) is 3.09. The van der Waals surface area contributed by atoms with Crippen molar-refractivity contribution in [1.29, 1.82) is 0 Å². The third-order valence-corrected chi connectivity index (χ3v) is 4.72. The number of aliphatic carboxylic acids is 1. The van der Waals surface area contributed by atoms with Gasteiger partial charge in [-0.2, -0.15) is 0 Å². The summed E-state index contributed by atoms with van der Waals surface area (Å²) in [5, 5.41) is 14.7. The van der Waals surface area contributed by atoms with Crippen LogP contribution in [-0.4, -0.2) is 35.7 Å². The Morgan fingerprint density at radius 2 is 1.71 bits per heavy atom. The van der Waals surface area contributed by atoms with Crippen LogP contribution in [0.1, 0.15) is 42.4 Å². The van der Waals surface area contributed by atoms with E-state index in [4.69, 9.17) is 4.74 Å². The van der Waals surface area contributed by atoms with Crippen LogP contribution in [0.5, 0.6) is 0 Å². The lowest BCUT2D eigenvalue weighted by molar-refractivity contribution is -0.141. The molecule has 0 bridgehead atoms. The number of rotatable bonds is 12. The number of hydrogen-bond acceptors (Lipinski definition) is 4. The summed E-state index contributed by atoms with van der Waals surface area (Å²) >= 11 is 0. The van der Waals surface area contributed by atoms with Crippen molar-refractivity contribution in [2.24, 2.45) is 0 Å². The average molecular weight is 427 g/mol. The molecule has 7 nitrogen and oxygen atoms in total. The first-order valence-corrected chi connectivity index (χ1v) is 10.5. The molecular formula is C24H30N2O5. The first-order valence-electron chi connectivity index (χ1n) is 10.5. The number of benzene rings is 2. The fraction of sp³-hybridized carbons (Fsp3) is 0.375. The van der Waals surface area contributed by atoms with E-state index in [0.717, 1.165) is 23.1 Å². The Balaban J connectivity index is 1.58. The normalized spacial score (nSPS) is 11.4. The minimum Gasteiger partial charge on any atom is -0.480 e. The summed E-state index contributed by atoms with van der Waals surface area (Å²) in [4.78, 5) is 35.3. The van der Waals surface area contributed by atoms with Gasteiger partial charge < -0.3 is 20.5 Å². The minimum atomic E-state index is -1.05. The smallest absolute Gasteiger partial charge is 0.407 e. The van der Waals surface area contributed by atoms with Crippen LogP contribution in [0.4, 0.5) is 4.79 Å². The lowest BCUT2D eigenvalue weighted by Gasteiger charge is -2.15. The SMILES string of the molecule is Cc1cccc(C[C@@H](NC(=O)CCCCCNC(=O)OCc2ccccc2)C(=O)O)c1. The van der Waals surface area contributed by atoms with E-state index in [1.54, 1.807) is 0 Å². The molecule has 2 rings (SSSR count). The quantitative estimate of drug-likeness (QED) is 0.450. The van der Waals surface area contributed by atoms with Crippen LogP contribution < -0.4 is 10.6 Å². The Bertz CT molecular complexity index is 854.